The van der Waals surface area contributed by atoms with Crippen LogP contribution in [0.1, 0.15) is 0 Å². The Morgan fingerprint density at radius 2 is 1.88 bits per heavy atom. The summed E-state index contributed by atoms with van der Waals surface area (Å²) >= 11 is 4.12. The molecule has 0 aromatic carbocycles. The first-order valence-corrected chi connectivity index (χ1v) is 2.17. The van der Waals surface area contributed by atoms with Crippen LogP contribution in [0.15, 0.2) is 12.2 Å². The summed E-state index contributed by atoms with van der Waals surface area (Å²) in [5.74, 6) is -1.12. The first-order valence-electron chi connectivity index (χ1n) is 1.77. The zero-order valence-electron chi connectivity index (χ0n) is 3.87. The summed E-state index contributed by atoms with van der Waals surface area (Å²) in [5, 5.41) is 15.7. The van der Waals surface area contributed by atoms with Gasteiger partial charge in [0.15, 0.2) is 5.05 Å². The molecule has 0 unspecified atom stereocenters. The van der Waals surface area contributed by atoms with Crippen molar-refractivity contribution in [1.29, 1.82) is 0 Å². The highest BCUT2D eigenvalue weighted by Gasteiger charge is 1.84. The molecular weight excluding hydrogens is 128 g/mol. The largest absolute Gasteiger partial charge is 0.499 e. The van der Waals surface area contributed by atoms with Gasteiger partial charge in [0.25, 0.3) is 0 Å². The van der Waals surface area contributed by atoms with E-state index in [0.29, 0.717) is 0 Å². The molecule has 44 valence electrons. The fourth-order valence-electron chi connectivity index (χ4n) is 0.143. The number of thiocarbonyl (C=S) groups is 1. The van der Waals surface area contributed by atoms with Crippen molar-refractivity contribution in [3.05, 3.63) is 12.2 Å². The van der Waals surface area contributed by atoms with Gasteiger partial charge in [0.2, 0.25) is 0 Å². The van der Waals surface area contributed by atoms with Gasteiger partial charge < -0.3 is 10.2 Å². The lowest BCUT2D eigenvalue weighted by molar-refractivity contribution is -0.131. The van der Waals surface area contributed by atoms with Crippen molar-refractivity contribution in [2.75, 3.05) is 0 Å². The Bertz CT molecular complexity index is 122. The predicted molar refractivity (Wildman–Crippen MR) is 32.0 cm³/mol. The van der Waals surface area contributed by atoms with Crippen LogP contribution in [0.4, 0.5) is 0 Å². The van der Waals surface area contributed by atoms with E-state index in [2.05, 4.69) is 12.2 Å². The van der Waals surface area contributed by atoms with E-state index < -0.39 is 11.0 Å². The van der Waals surface area contributed by atoms with Gasteiger partial charge in [0.1, 0.15) is 0 Å². The smallest absolute Gasteiger partial charge is 0.328 e. The van der Waals surface area contributed by atoms with Gasteiger partial charge in [0.05, 0.1) is 0 Å². The highest BCUT2D eigenvalue weighted by atomic mass is 32.1. The minimum absolute atomic E-state index is 0.424. The highest BCUT2D eigenvalue weighted by molar-refractivity contribution is 7.80. The molecule has 0 spiro atoms. The van der Waals surface area contributed by atoms with Gasteiger partial charge in [-0.15, -0.1) is 0 Å². The Balaban J connectivity index is 3.67. The third-order valence-electron chi connectivity index (χ3n) is 0.368. The molecule has 0 aliphatic heterocycles. The first-order chi connectivity index (χ1) is 3.63. The molecule has 3 nitrogen and oxygen atoms in total. The number of aliphatic hydroxyl groups excluding tert-OH is 1. The molecule has 0 aromatic rings. The van der Waals surface area contributed by atoms with E-state index in [1.807, 2.05) is 0 Å². The molecule has 8 heavy (non-hydrogen) atoms. The Kier molecular flexibility index (Phi) is 2.79. The van der Waals surface area contributed by atoms with E-state index in [4.69, 9.17) is 10.2 Å². The molecule has 0 fully saturated rings. The van der Waals surface area contributed by atoms with Gasteiger partial charge in [-0.05, 0) is 18.3 Å². The van der Waals surface area contributed by atoms with Crippen molar-refractivity contribution in [2.45, 2.75) is 0 Å². The quantitative estimate of drug-likeness (QED) is 0.424. The SMILES string of the molecule is O=C(O)/C=C/C(O)=S. The summed E-state index contributed by atoms with van der Waals surface area (Å²) in [6.45, 7) is 0. The second-order valence-electron chi connectivity index (χ2n) is 1.01. The normalized spacial score (nSPS) is 9.50. The number of rotatable bonds is 2. The van der Waals surface area contributed by atoms with Crippen molar-refractivity contribution in [2.24, 2.45) is 0 Å². The van der Waals surface area contributed by atoms with E-state index in [1.54, 1.807) is 0 Å². The van der Waals surface area contributed by atoms with Gasteiger partial charge in [-0.3, -0.25) is 0 Å². The lowest BCUT2D eigenvalue weighted by Crippen LogP contribution is -1.89. The number of carboxylic acid groups (broad SMARTS) is 1. The molecule has 2 N–H and O–H groups in total. The first kappa shape index (κ1) is 7.10. The van der Waals surface area contributed by atoms with Crippen LogP contribution in [0.3, 0.4) is 0 Å². The molecule has 0 radical (unpaired) electrons. The monoisotopic (exact) mass is 132 g/mol. The number of carboxylic acids is 1. The number of hydrogen-bond acceptors (Lipinski definition) is 2. The average Bonchev–Trinajstić information content (AvgIpc) is 1.61. The van der Waals surface area contributed by atoms with Crippen LogP contribution in [0.5, 0.6) is 0 Å². The lowest BCUT2D eigenvalue weighted by atomic mass is 10.5. The molecule has 0 aromatic heterocycles. The number of aliphatic hydroxyl groups is 1. The molecule has 4 heteroatoms. The molecule has 0 aliphatic rings. The highest BCUT2D eigenvalue weighted by Crippen LogP contribution is 1.74. The third kappa shape index (κ3) is 5.10. The maximum Gasteiger partial charge on any atom is 0.328 e. The van der Waals surface area contributed by atoms with Crippen molar-refractivity contribution in [1.82, 2.24) is 0 Å². The molecule has 0 heterocycles. The maximum absolute atomic E-state index is 9.65. The fourth-order valence-corrected chi connectivity index (χ4v) is 0.211. The van der Waals surface area contributed by atoms with Gasteiger partial charge in [-0.25, -0.2) is 4.79 Å². The van der Waals surface area contributed by atoms with Crippen molar-refractivity contribution in [3.63, 3.8) is 0 Å². The van der Waals surface area contributed by atoms with Gasteiger partial charge in [-0.2, -0.15) is 0 Å². The fraction of sp³-hybridized carbons (Fsp3) is 0. The van der Waals surface area contributed by atoms with Crippen LogP contribution in [0, 0.1) is 0 Å². The molecule has 0 saturated heterocycles. The van der Waals surface area contributed by atoms with Crippen molar-refractivity contribution < 1.29 is 15.0 Å². The Labute approximate surface area is 51.3 Å². The van der Waals surface area contributed by atoms with E-state index in [1.165, 1.54) is 0 Å². The van der Waals surface area contributed by atoms with Gasteiger partial charge in [0, 0.05) is 6.08 Å². The number of aliphatic carboxylic acids is 1. The maximum atomic E-state index is 9.65. The average molecular weight is 132 g/mol. The van der Waals surface area contributed by atoms with Crippen LogP contribution in [0.2, 0.25) is 0 Å². The van der Waals surface area contributed by atoms with E-state index in [9.17, 15) is 4.79 Å². The summed E-state index contributed by atoms with van der Waals surface area (Å²) < 4.78 is 0. The summed E-state index contributed by atoms with van der Waals surface area (Å²) in [5.41, 5.74) is 0. The van der Waals surface area contributed by atoms with E-state index in [-0.39, 0.29) is 0 Å². The number of carbonyl (C=O) groups is 1. The minimum Gasteiger partial charge on any atom is -0.499 e. The second-order valence-corrected chi connectivity index (χ2v) is 1.43. The molecule has 0 rings (SSSR count). The Morgan fingerprint density at radius 3 is 2.00 bits per heavy atom. The van der Waals surface area contributed by atoms with Crippen LogP contribution in [-0.4, -0.2) is 21.2 Å². The zero-order valence-corrected chi connectivity index (χ0v) is 4.68. The van der Waals surface area contributed by atoms with E-state index in [0.717, 1.165) is 12.2 Å². The van der Waals surface area contributed by atoms with Crippen LogP contribution < -0.4 is 0 Å². The molecule has 0 amide bonds. The van der Waals surface area contributed by atoms with Gasteiger partial charge >= 0.3 is 5.97 Å². The molecular formula is C4H4O3S. The standard InChI is InChI=1S/C4H4O3S/c5-3(6)1-2-4(7)8/h1-2H,(H,5,6)(H,7,8)/b2-1+. The lowest BCUT2D eigenvalue weighted by Gasteiger charge is -1.77. The van der Waals surface area contributed by atoms with Crippen LogP contribution in [0.25, 0.3) is 0 Å². The molecule has 0 saturated carbocycles. The summed E-state index contributed by atoms with van der Waals surface area (Å²) in [4.78, 5) is 9.65. The third-order valence-corrected chi connectivity index (χ3v) is 0.505. The molecule has 0 atom stereocenters. The Hall–Kier alpha value is -0.900. The van der Waals surface area contributed by atoms with E-state index >= 15 is 0 Å². The van der Waals surface area contributed by atoms with Crippen molar-refractivity contribution >= 4 is 23.2 Å². The Morgan fingerprint density at radius 1 is 1.38 bits per heavy atom. The zero-order chi connectivity index (χ0) is 6.57. The van der Waals surface area contributed by atoms with Crippen LogP contribution >= 0.6 is 12.2 Å². The summed E-state index contributed by atoms with van der Waals surface area (Å²) in [6.07, 6.45) is 1.69. The number of hydrogen-bond donors (Lipinski definition) is 2. The molecule has 0 bridgehead atoms. The minimum atomic E-state index is -1.12. The topological polar surface area (TPSA) is 57.5 Å². The summed E-state index contributed by atoms with van der Waals surface area (Å²) in [6, 6.07) is 0. The second kappa shape index (κ2) is 3.15. The molecule has 0 aliphatic carbocycles. The van der Waals surface area contributed by atoms with Crippen LogP contribution in [-0.2, 0) is 4.79 Å². The predicted octanol–water partition coefficient (Wildman–Crippen LogP) is 0.513. The van der Waals surface area contributed by atoms with Gasteiger partial charge in [-0.1, -0.05) is 0 Å². The van der Waals surface area contributed by atoms with Crippen molar-refractivity contribution in [3.8, 4) is 0 Å². The summed E-state index contributed by atoms with van der Waals surface area (Å²) in [7, 11) is 0.